The highest BCUT2D eigenvalue weighted by Gasteiger charge is 2.54. The third kappa shape index (κ3) is 3.30. The van der Waals surface area contributed by atoms with Gasteiger partial charge < -0.3 is 9.88 Å². The number of rotatable bonds is 7. The predicted molar refractivity (Wildman–Crippen MR) is 114 cm³/mol. The van der Waals surface area contributed by atoms with Crippen molar-refractivity contribution in [3.63, 3.8) is 0 Å². The van der Waals surface area contributed by atoms with Crippen LogP contribution in [0.5, 0.6) is 0 Å². The average molecular weight is 402 g/mol. The van der Waals surface area contributed by atoms with Gasteiger partial charge >= 0.3 is 0 Å². The predicted octanol–water partition coefficient (Wildman–Crippen LogP) is 3.32. The Morgan fingerprint density at radius 1 is 1.20 bits per heavy atom. The normalized spacial score (nSPS) is 21.4. The number of imidazole rings is 1. The molecule has 0 aliphatic heterocycles. The molecule has 5 rings (SSSR count). The molecule has 6 heteroatoms. The van der Waals surface area contributed by atoms with Crippen molar-refractivity contribution in [3.8, 4) is 0 Å². The third-order valence-corrected chi connectivity index (χ3v) is 6.44. The first-order valence-electron chi connectivity index (χ1n) is 10.7. The Kier molecular flexibility index (Phi) is 4.45. The van der Waals surface area contributed by atoms with Crippen LogP contribution in [0, 0.1) is 12.8 Å². The minimum absolute atomic E-state index is 0.0115. The summed E-state index contributed by atoms with van der Waals surface area (Å²) in [5.74, 6) is 1.09. The van der Waals surface area contributed by atoms with Gasteiger partial charge in [0.05, 0.1) is 16.6 Å². The lowest BCUT2D eigenvalue weighted by Gasteiger charge is -2.16. The Balaban J connectivity index is 1.27. The fourth-order valence-corrected chi connectivity index (χ4v) is 4.36. The van der Waals surface area contributed by atoms with E-state index in [9.17, 15) is 9.59 Å². The number of amides is 1. The number of carbonyl (C=O) groups excluding carboxylic acids is 2. The highest BCUT2D eigenvalue weighted by molar-refractivity contribution is 5.97. The molecule has 6 nitrogen and oxygen atoms in total. The molecule has 154 valence electrons. The van der Waals surface area contributed by atoms with Crippen molar-refractivity contribution in [2.75, 3.05) is 0 Å². The van der Waals surface area contributed by atoms with E-state index in [0.717, 1.165) is 53.9 Å². The molecule has 0 saturated heterocycles. The second-order valence-electron chi connectivity index (χ2n) is 8.63. The molecule has 1 N–H and O–H groups in total. The second kappa shape index (κ2) is 7.04. The van der Waals surface area contributed by atoms with Crippen LogP contribution in [0.3, 0.4) is 0 Å². The molecule has 0 spiro atoms. The Morgan fingerprint density at radius 3 is 2.70 bits per heavy atom. The van der Waals surface area contributed by atoms with Crippen LogP contribution in [-0.4, -0.2) is 31.8 Å². The van der Waals surface area contributed by atoms with Crippen molar-refractivity contribution >= 4 is 22.7 Å². The number of fused-ring (bicyclic) bond motifs is 1. The molecule has 3 aromatic rings. The number of benzene rings is 1. The lowest BCUT2D eigenvalue weighted by atomic mass is 10.0. The quantitative estimate of drug-likeness (QED) is 0.658. The van der Waals surface area contributed by atoms with Gasteiger partial charge in [-0.2, -0.15) is 0 Å². The second-order valence-corrected chi connectivity index (χ2v) is 8.63. The lowest BCUT2D eigenvalue weighted by molar-refractivity contribution is -0.129. The number of hydrogen-bond acceptors (Lipinski definition) is 4. The molecule has 2 aliphatic carbocycles. The molecule has 2 saturated carbocycles. The van der Waals surface area contributed by atoms with Crippen molar-refractivity contribution in [2.24, 2.45) is 5.92 Å². The molecule has 0 bridgehead atoms. The monoisotopic (exact) mass is 402 g/mol. The molecule has 1 aromatic carbocycles. The average Bonchev–Trinajstić information content (AvgIpc) is 3.66. The van der Waals surface area contributed by atoms with Gasteiger partial charge in [0.25, 0.3) is 0 Å². The number of aryl methyl sites for hydroxylation is 2. The molecule has 0 unspecified atom stereocenters. The molecule has 1 amide bonds. The zero-order valence-corrected chi connectivity index (χ0v) is 17.4. The summed E-state index contributed by atoms with van der Waals surface area (Å²) < 4.78 is 2.20. The number of ketones is 1. The topological polar surface area (TPSA) is 76.9 Å². The van der Waals surface area contributed by atoms with Crippen LogP contribution in [0.25, 0.3) is 11.0 Å². The zero-order chi connectivity index (χ0) is 20.9. The Hall–Kier alpha value is -3.02. The van der Waals surface area contributed by atoms with E-state index in [0.29, 0.717) is 6.42 Å². The van der Waals surface area contributed by atoms with Crippen molar-refractivity contribution in [1.29, 1.82) is 0 Å². The van der Waals surface area contributed by atoms with Gasteiger partial charge in [0.2, 0.25) is 5.91 Å². The van der Waals surface area contributed by atoms with Crippen LogP contribution in [0.15, 0.2) is 42.6 Å². The summed E-state index contributed by atoms with van der Waals surface area (Å²) >= 11 is 0. The fourth-order valence-electron chi connectivity index (χ4n) is 4.36. The Labute approximate surface area is 175 Å². The molecule has 30 heavy (non-hydrogen) atoms. The van der Waals surface area contributed by atoms with Crippen molar-refractivity contribution < 1.29 is 9.59 Å². The first-order valence-corrected chi connectivity index (χ1v) is 10.7. The third-order valence-electron chi connectivity index (χ3n) is 6.44. The minimum atomic E-state index is -0.681. The zero-order valence-electron chi connectivity index (χ0n) is 17.4. The number of nitrogens with one attached hydrogen (secondary N) is 1. The van der Waals surface area contributed by atoms with Crippen LogP contribution < -0.4 is 5.32 Å². The number of hydrogen-bond donors (Lipinski definition) is 1. The number of Topliss-reactive ketones (excluding diaryl/α,β-unsaturated/α-hetero) is 1. The van der Waals surface area contributed by atoms with E-state index < -0.39 is 5.54 Å². The molecule has 2 aromatic heterocycles. The number of aromatic nitrogens is 3. The smallest absolute Gasteiger partial charge is 0.224 e. The Morgan fingerprint density at radius 2 is 2.00 bits per heavy atom. The summed E-state index contributed by atoms with van der Waals surface area (Å²) in [7, 11) is 0. The summed E-state index contributed by atoms with van der Waals surface area (Å²) in [6.45, 7) is 4.85. The van der Waals surface area contributed by atoms with Gasteiger partial charge in [-0.3, -0.25) is 14.6 Å². The first-order chi connectivity index (χ1) is 14.5. The maximum Gasteiger partial charge on any atom is 0.224 e. The van der Waals surface area contributed by atoms with Gasteiger partial charge in [0, 0.05) is 36.7 Å². The van der Waals surface area contributed by atoms with Gasteiger partial charge in [0.15, 0.2) is 5.78 Å². The van der Waals surface area contributed by atoms with Crippen LogP contribution in [0.4, 0.5) is 0 Å². The molecule has 2 atom stereocenters. The Bertz CT molecular complexity index is 1130. The van der Waals surface area contributed by atoms with Gasteiger partial charge in [-0.05, 0) is 56.9 Å². The van der Waals surface area contributed by atoms with E-state index in [1.54, 1.807) is 6.20 Å². The molecule has 2 heterocycles. The van der Waals surface area contributed by atoms with E-state index in [2.05, 4.69) is 27.9 Å². The van der Waals surface area contributed by atoms with E-state index >= 15 is 0 Å². The number of carbonyl (C=O) groups is 2. The van der Waals surface area contributed by atoms with Gasteiger partial charge in [0.1, 0.15) is 5.82 Å². The maximum atomic E-state index is 12.9. The van der Waals surface area contributed by atoms with Crippen molar-refractivity contribution in [3.05, 3.63) is 59.7 Å². The van der Waals surface area contributed by atoms with Gasteiger partial charge in [-0.25, -0.2) is 4.98 Å². The number of nitrogens with zero attached hydrogens (tertiary/aromatic N) is 3. The lowest BCUT2D eigenvalue weighted by Crippen LogP contribution is -2.44. The number of pyridine rings is 1. The highest BCUT2D eigenvalue weighted by atomic mass is 16.2. The maximum absolute atomic E-state index is 12.9. The number of para-hydroxylation sites is 2. The molecule has 2 aliphatic rings. The molecular formula is C24H26N4O2. The van der Waals surface area contributed by atoms with E-state index in [4.69, 9.17) is 4.98 Å². The van der Waals surface area contributed by atoms with Crippen LogP contribution >= 0.6 is 0 Å². The summed E-state index contributed by atoms with van der Waals surface area (Å²) in [5.41, 5.74) is 3.23. The van der Waals surface area contributed by atoms with E-state index in [1.807, 2.05) is 37.3 Å². The molecular weight excluding hydrogens is 376 g/mol. The van der Waals surface area contributed by atoms with Crippen molar-refractivity contribution in [2.45, 2.75) is 57.5 Å². The summed E-state index contributed by atoms with van der Waals surface area (Å²) in [5, 5.41) is 3.09. The SMILES string of the molecule is CCn1c([C@H]2C[C@@H]2C(=O)NC2(C(=O)Cc3ccc(C)nc3)CC2)nc2ccccc21. The van der Waals surface area contributed by atoms with E-state index in [-0.39, 0.29) is 23.5 Å². The summed E-state index contributed by atoms with van der Waals surface area (Å²) in [6.07, 6.45) is 4.30. The summed E-state index contributed by atoms with van der Waals surface area (Å²) in [6, 6.07) is 11.9. The van der Waals surface area contributed by atoms with Crippen molar-refractivity contribution in [1.82, 2.24) is 19.9 Å². The van der Waals surface area contributed by atoms with Crippen LogP contribution in [0.1, 0.15) is 49.2 Å². The standard InChI is InChI=1S/C24H26N4O2/c1-3-28-20-7-5-4-6-19(20)26-22(28)17-13-18(17)23(30)27-24(10-11-24)21(29)12-16-9-8-15(2)25-14-16/h4-9,14,17-18H,3,10-13H2,1-2H3,(H,27,30)/t17-,18-/m0/s1. The largest absolute Gasteiger partial charge is 0.343 e. The highest BCUT2D eigenvalue weighted by Crippen LogP contribution is 2.49. The molecule has 2 fully saturated rings. The van der Waals surface area contributed by atoms with E-state index in [1.165, 1.54) is 0 Å². The van der Waals surface area contributed by atoms with Gasteiger partial charge in [-0.15, -0.1) is 0 Å². The first kappa shape index (κ1) is 19.0. The fraction of sp³-hybridized carbons (Fsp3) is 0.417. The summed E-state index contributed by atoms with van der Waals surface area (Å²) in [4.78, 5) is 34.9. The van der Waals surface area contributed by atoms with Gasteiger partial charge in [-0.1, -0.05) is 18.2 Å². The minimum Gasteiger partial charge on any atom is -0.343 e. The van der Waals surface area contributed by atoms with Crippen LogP contribution in [-0.2, 0) is 22.6 Å². The molecule has 0 radical (unpaired) electrons. The van der Waals surface area contributed by atoms with Crippen LogP contribution in [0.2, 0.25) is 0 Å².